The SMILES string of the molecule is Cc1oc(-c2ccccc2)nc1C(=O)N1C[C@H](C)OC[C@H]1C. The fourth-order valence-corrected chi connectivity index (χ4v) is 2.62. The summed E-state index contributed by atoms with van der Waals surface area (Å²) in [6, 6.07) is 9.64. The molecule has 1 fully saturated rings. The van der Waals surface area contributed by atoms with Gasteiger partial charge in [0.25, 0.3) is 5.91 Å². The van der Waals surface area contributed by atoms with E-state index >= 15 is 0 Å². The number of benzene rings is 1. The average Bonchev–Trinajstić information content (AvgIpc) is 2.92. The molecular formula is C17H20N2O3. The van der Waals surface area contributed by atoms with E-state index < -0.39 is 0 Å². The molecule has 1 aromatic heterocycles. The monoisotopic (exact) mass is 300 g/mol. The van der Waals surface area contributed by atoms with Crippen molar-refractivity contribution in [3.8, 4) is 11.5 Å². The van der Waals surface area contributed by atoms with Gasteiger partial charge in [0.05, 0.1) is 18.8 Å². The van der Waals surface area contributed by atoms with Crippen molar-refractivity contribution < 1.29 is 13.9 Å². The molecule has 0 N–H and O–H groups in total. The molecule has 2 atom stereocenters. The zero-order valence-electron chi connectivity index (χ0n) is 13.1. The Hall–Kier alpha value is -2.14. The van der Waals surface area contributed by atoms with Gasteiger partial charge in [-0.25, -0.2) is 4.98 Å². The van der Waals surface area contributed by atoms with Gasteiger partial charge in [0.15, 0.2) is 5.69 Å². The van der Waals surface area contributed by atoms with Gasteiger partial charge in [0.1, 0.15) is 5.76 Å². The highest BCUT2D eigenvalue weighted by Crippen LogP contribution is 2.23. The first-order chi connectivity index (χ1) is 10.6. The Balaban J connectivity index is 1.88. The van der Waals surface area contributed by atoms with Gasteiger partial charge in [-0.05, 0) is 32.9 Å². The highest BCUT2D eigenvalue weighted by atomic mass is 16.5. The largest absolute Gasteiger partial charge is 0.441 e. The fourth-order valence-electron chi connectivity index (χ4n) is 2.62. The van der Waals surface area contributed by atoms with Crippen LogP contribution >= 0.6 is 0 Å². The molecule has 0 radical (unpaired) electrons. The van der Waals surface area contributed by atoms with E-state index in [9.17, 15) is 4.79 Å². The van der Waals surface area contributed by atoms with E-state index in [0.29, 0.717) is 30.5 Å². The van der Waals surface area contributed by atoms with Crippen LogP contribution in [0.3, 0.4) is 0 Å². The van der Waals surface area contributed by atoms with E-state index in [-0.39, 0.29) is 18.1 Å². The first-order valence-electron chi connectivity index (χ1n) is 7.51. The first-order valence-corrected chi connectivity index (χ1v) is 7.51. The maximum atomic E-state index is 12.8. The van der Waals surface area contributed by atoms with Gasteiger partial charge in [-0.2, -0.15) is 0 Å². The lowest BCUT2D eigenvalue weighted by atomic mass is 10.2. The lowest BCUT2D eigenvalue weighted by Gasteiger charge is -2.36. The second kappa shape index (κ2) is 5.93. The molecule has 22 heavy (non-hydrogen) atoms. The van der Waals surface area contributed by atoms with Crippen LogP contribution < -0.4 is 0 Å². The van der Waals surface area contributed by atoms with Crippen LogP contribution in [0.5, 0.6) is 0 Å². The maximum Gasteiger partial charge on any atom is 0.276 e. The summed E-state index contributed by atoms with van der Waals surface area (Å²) in [6.45, 7) is 6.86. The van der Waals surface area contributed by atoms with E-state index in [0.717, 1.165) is 5.56 Å². The van der Waals surface area contributed by atoms with Gasteiger partial charge in [0, 0.05) is 12.1 Å². The van der Waals surface area contributed by atoms with E-state index in [1.807, 2.05) is 49.1 Å². The molecule has 2 heterocycles. The van der Waals surface area contributed by atoms with Crippen molar-refractivity contribution in [3.05, 3.63) is 41.8 Å². The number of nitrogens with zero attached hydrogens (tertiary/aromatic N) is 2. The van der Waals surface area contributed by atoms with Crippen LogP contribution in [0.25, 0.3) is 11.5 Å². The van der Waals surface area contributed by atoms with Crippen molar-refractivity contribution >= 4 is 5.91 Å². The van der Waals surface area contributed by atoms with Crippen molar-refractivity contribution in [2.24, 2.45) is 0 Å². The average molecular weight is 300 g/mol. The molecule has 0 aliphatic carbocycles. The summed E-state index contributed by atoms with van der Waals surface area (Å²) in [6.07, 6.45) is 0.0425. The lowest BCUT2D eigenvalue weighted by molar-refractivity contribution is -0.0389. The van der Waals surface area contributed by atoms with E-state index in [1.54, 1.807) is 6.92 Å². The topological polar surface area (TPSA) is 55.6 Å². The molecule has 5 heteroatoms. The second-order valence-corrected chi connectivity index (χ2v) is 5.74. The second-order valence-electron chi connectivity index (χ2n) is 5.74. The number of morpholine rings is 1. The smallest absolute Gasteiger partial charge is 0.276 e. The third-order valence-corrected chi connectivity index (χ3v) is 3.89. The summed E-state index contributed by atoms with van der Waals surface area (Å²) in [5.41, 5.74) is 1.26. The van der Waals surface area contributed by atoms with E-state index in [1.165, 1.54) is 0 Å². The van der Waals surface area contributed by atoms with Crippen LogP contribution in [0, 0.1) is 6.92 Å². The van der Waals surface area contributed by atoms with Gasteiger partial charge in [-0.15, -0.1) is 0 Å². The molecule has 0 saturated carbocycles. The van der Waals surface area contributed by atoms with Crippen molar-refractivity contribution in [3.63, 3.8) is 0 Å². The Morgan fingerprint density at radius 3 is 2.73 bits per heavy atom. The van der Waals surface area contributed by atoms with Crippen molar-refractivity contribution in [2.45, 2.75) is 32.9 Å². The summed E-state index contributed by atoms with van der Waals surface area (Å²) >= 11 is 0. The van der Waals surface area contributed by atoms with Crippen molar-refractivity contribution in [1.29, 1.82) is 0 Å². The minimum atomic E-state index is -0.0916. The van der Waals surface area contributed by atoms with Gasteiger partial charge in [-0.3, -0.25) is 4.79 Å². The van der Waals surface area contributed by atoms with E-state index in [2.05, 4.69) is 4.98 Å². The van der Waals surface area contributed by atoms with Gasteiger partial charge >= 0.3 is 0 Å². The van der Waals surface area contributed by atoms with Crippen LogP contribution in [0.4, 0.5) is 0 Å². The fraction of sp³-hybridized carbons (Fsp3) is 0.412. The Morgan fingerprint density at radius 2 is 2.00 bits per heavy atom. The quantitative estimate of drug-likeness (QED) is 0.855. The van der Waals surface area contributed by atoms with Crippen LogP contribution in [0.2, 0.25) is 0 Å². The predicted molar refractivity (Wildman–Crippen MR) is 82.6 cm³/mol. The maximum absolute atomic E-state index is 12.8. The summed E-state index contributed by atoms with van der Waals surface area (Å²) in [7, 11) is 0. The molecule has 0 bridgehead atoms. The lowest BCUT2D eigenvalue weighted by Crippen LogP contribution is -2.50. The molecule has 1 amide bonds. The predicted octanol–water partition coefficient (Wildman–Crippen LogP) is 2.90. The highest BCUT2D eigenvalue weighted by Gasteiger charge is 2.31. The number of carbonyl (C=O) groups excluding carboxylic acids is 1. The molecule has 1 aliphatic heterocycles. The van der Waals surface area contributed by atoms with Gasteiger partial charge < -0.3 is 14.1 Å². The number of ether oxygens (including phenoxy) is 1. The molecular weight excluding hydrogens is 280 g/mol. The number of hydrogen-bond acceptors (Lipinski definition) is 4. The standard InChI is InChI=1S/C17H20N2O3/c1-11-10-21-12(2)9-19(11)17(20)15-13(3)22-16(18-15)14-7-5-4-6-8-14/h4-8,11-12H,9-10H2,1-3H3/t11-,12+/m1/s1. The third-order valence-electron chi connectivity index (χ3n) is 3.89. The third kappa shape index (κ3) is 2.76. The highest BCUT2D eigenvalue weighted by molar-refractivity contribution is 5.94. The minimum absolute atomic E-state index is 0.0416. The molecule has 5 nitrogen and oxygen atoms in total. The molecule has 1 aliphatic rings. The number of hydrogen-bond donors (Lipinski definition) is 0. The molecule has 1 saturated heterocycles. The normalized spacial score (nSPS) is 21.9. The molecule has 0 spiro atoms. The van der Waals surface area contributed by atoms with Crippen LogP contribution in [0.15, 0.2) is 34.7 Å². The molecule has 3 rings (SSSR count). The zero-order chi connectivity index (χ0) is 15.7. The van der Waals surface area contributed by atoms with Crippen LogP contribution in [-0.2, 0) is 4.74 Å². The number of oxazole rings is 1. The number of aromatic nitrogens is 1. The summed E-state index contributed by atoms with van der Waals surface area (Å²) in [5.74, 6) is 0.941. The minimum Gasteiger partial charge on any atom is -0.441 e. The Morgan fingerprint density at radius 1 is 1.27 bits per heavy atom. The number of aryl methyl sites for hydroxylation is 1. The summed E-state index contributed by atoms with van der Waals surface area (Å²) in [5, 5.41) is 0. The van der Waals surface area contributed by atoms with Gasteiger partial charge in [-0.1, -0.05) is 18.2 Å². The summed E-state index contributed by atoms with van der Waals surface area (Å²) in [4.78, 5) is 19.0. The number of rotatable bonds is 2. The molecule has 1 aromatic carbocycles. The van der Waals surface area contributed by atoms with Crippen LogP contribution in [-0.4, -0.2) is 41.1 Å². The Kier molecular flexibility index (Phi) is 3.98. The Labute approximate surface area is 129 Å². The van der Waals surface area contributed by atoms with Crippen molar-refractivity contribution in [2.75, 3.05) is 13.2 Å². The zero-order valence-corrected chi connectivity index (χ0v) is 13.1. The van der Waals surface area contributed by atoms with E-state index in [4.69, 9.17) is 9.15 Å². The van der Waals surface area contributed by atoms with Crippen LogP contribution in [0.1, 0.15) is 30.1 Å². The first kappa shape index (κ1) is 14.8. The molecule has 2 aromatic rings. The number of amides is 1. The summed E-state index contributed by atoms with van der Waals surface area (Å²) < 4.78 is 11.3. The molecule has 0 unspecified atom stereocenters. The van der Waals surface area contributed by atoms with Gasteiger partial charge in [0.2, 0.25) is 5.89 Å². The number of carbonyl (C=O) groups is 1. The molecule has 116 valence electrons. The van der Waals surface area contributed by atoms with Crippen molar-refractivity contribution in [1.82, 2.24) is 9.88 Å². The Bertz CT molecular complexity index is 666.